The lowest BCUT2D eigenvalue weighted by molar-refractivity contribution is 0.305. The summed E-state index contributed by atoms with van der Waals surface area (Å²) in [4.78, 5) is 0. The molecule has 1 unspecified atom stereocenters. The fourth-order valence-corrected chi connectivity index (χ4v) is 4.89. The van der Waals surface area contributed by atoms with Crippen LogP contribution in [0.2, 0.25) is 0 Å². The van der Waals surface area contributed by atoms with Gasteiger partial charge in [-0.25, -0.2) is 4.57 Å². The first-order valence-electron chi connectivity index (χ1n) is 11.2. The third-order valence-electron chi connectivity index (χ3n) is 4.86. The third kappa shape index (κ3) is 6.90. The highest BCUT2D eigenvalue weighted by Crippen LogP contribution is 2.49. The highest BCUT2D eigenvalue weighted by atomic mass is 31.2. The molecular weight excluding hydrogens is 447 g/mol. The lowest BCUT2D eigenvalue weighted by Gasteiger charge is -2.20. The third-order valence-corrected chi connectivity index (χ3v) is 6.83. The van der Waals surface area contributed by atoms with Gasteiger partial charge < -0.3 is 18.5 Å². The van der Waals surface area contributed by atoms with E-state index in [-0.39, 0.29) is 0 Å². The van der Waals surface area contributed by atoms with Crippen molar-refractivity contribution in [3.8, 4) is 28.7 Å². The van der Waals surface area contributed by atoms with E-state index in [0.717, 1.165) is 11.3 Å². The molecule has 0 aliphatic rings. The van der Waals surface area contributed by atoms with Gasteiger partial charge in [0.05, 0.1) is 6.16 Å². The van der Waals surface area contributed by atoms with E-state index in [9.17, 15) is 4.57 Å². The van der Waals surface area contributed by atoms with Gasteiger partial charge in [0.1, 0.15) is 35.4 Å². The van der Waals surface area contributed by atoms with Crippen LogP contribution in [0.1, 0.15) is 18.9 Å². The van der Waals surface area contributed by atoms with Crippen molar-refractivity contribution in [3.05, 3.63) is 115 Å². The average Bonchev–Trinajstić information content (AvgIpc) is 2.86. The molecule has 0 aliphatic heterocycles. The molecular formula is C28H27O5P. The van der Waals surface area contributed by atoms with Crippen LogP contribution < -0.4 is 18.5 Å². The maximum atomic E-state index is 13.4. The highest BCUT2D eigenvalue weighted by Gasteiger charge is 2.27. The summed E-state index contributed by atoms with van der Waals surface area (Å²) in [5, 5.41) is 0. The van der Waals surface area contributed by atoms with Gasteiger partial charge in [-0.05, 0) is 72.6 Å². The van der Waals surface area contributed by atoms with Crippen molar-refractivity contribution < 1.29 is 23.1 Å². The largest absolute Gasteiger partial charge is 0.489 e. The van der Waals surface area contributed by atoms with Gasteiger partial charge in [0.15, 0.2) is 0 Å². The summed E-state index contributed by atoms with van der Waals surface area (Å²) < 4.78 is 36.7. The standard InChI is InChI=1S/C28H27O5P/c1-2-21-34(29,33-28-19-15-26(16-20-28)31-25-11-7-4-8-12-25)32-27-17-13-24(14-18-27)30-22-23-9-5-3-6-10-23/h3-20H,2,21-22H2,1H3. The molecule has 0 aromatic heterocycles. The predicted molar refractivity (Wildman–Crippen MR) is 134 cm³/mol. The minimum absolute atomic E-state index is 0.293. The number of ether oxygens (including phenoxy) is 2. The van der Waals surface area contributed by atoms with Crippen LogP contribution in [0.15, 0.2) is 109 Å². The molecule has 4 aromatic rings. The second-order valence-corrected chi connectivity index (χ2v) is 9.68. The van der Waals surface area contributed by atoms with Gasteiger partial charge in [0, 0.05) is 0 Å². The van der Waals surface area contributed by atoms with Gasteiger partial charge in [0.25, 0.3) is 0 Å². The molecule has 4 aromatic carbocycles. The summed E-state index contributed by atoms with van der Waals surface area (Å²) in [6, 6.07) is 33.5. The molecule has 5 nitrogen and oxygen atoms in total. The quantitative estimate of drug-likeness (QED) is 0.206. The molecule has 0 spiro atoms. The van der Waals surface area contributed by atoms with E-state index in [2.05, 4.69) is 0 Å². The van der Waals surface area contributed by atoms with Crippen LogP contribution in [0.5, 0.6) is 28.7 Å². The Labute approximate surface area is 200 Å². The summed E-state index contributed by atoms with van der Waals surface area (Å²) in [5.41, 5.74) is 1.09. The first-order valence-corrected chi connectivity index (χ1v) is 12.9. The second-order valence-electron chi connectivity index (χ2n) is 7.65. The monoisotopic (exact) mass is 474 g/mol. The van der Waals surface area contributed by atoms with Crippen molar-refractivity contribution in [2.24, 2.45) is 0 Å². The van der Waals surface area contributed by atoms with Gasteiger partial charge >= 0.3 is 7.60 Å². The minimum Gasteiger partial charge on any atom is -0.489 e. The van der Waals surface area contributed by atoms with E-state index in [1.165, 1.54) is 0 Å². The molecule has 1 atom stereocenters. The fraction of sp³-hybridized carbons (Fsp3) is 0.143. The van der Waals surface area contributed by atoms with Crippen molar-refractivity contribution >= 4 is 7.60 Å². The summed E-state index contributed by atoms with van der Waals surface area (Å²) in [5.74, 6) is 3.03. The molecule has 0 heterocycles. The van der Waals surface area contributed by atoms with Crippen molar-refractivity contribution in [2.75, 3.05) is 6.16 Å². The Bertz CT molecular complexity index is 1190. The summed E-state index contributed by atoms with van der Waals surface area (Å²) in [6.45, 7) is 2.42. The number of hydrogen-bond acceptors (Lipinski definition) is 5. The van der Waals surface area contributed by atoms with Gasteiger partial charge in [-0.15, -0.1) is 0 Å². The topological polar surface area (TPSA) is 54.0 Å². The molecule has 0 aliphatic carbocycles. The van der Waals surface area contributed by atoms with Crippen molar-refractivity contribution in [1.82, 2.24) is 0 Å². The first kappa shape index (κ1) is 23.5. The number of benzene rings is 4. The van der Waals surface area contributed by atoms with Crippen LogP contribution >= 0.6 is 7.60 Å². The van der Waals surface area contributed by atoms with Crippen molar-refractivity contribution in [1.29, 1.82) is 0 Å². The molecule has 34 heavy (non-hydrogen) atoms. The smallest absolute Gasteiger partial charge is 0.430 e. The summed E-state index contributed by atoms with van der Waals surface area (Å²) in [6.07, 6.45) is 0.951. The Morgan fingerprint density at radius 1 is 0.588 bits per heavy atom. The van der Waals surface area contributed by atoms with Crippen LogP contribution in [-0.4, -0.2) is 6.16 Å². The van der Waals surface area contributed by atoms with Gasteiger partial charge in [-0.2, -0.15) is 0 Å². The Hall–Kier alpha value is -3.69. The summed E-state index contributed by atoms with van der Waals surface area (Å²) >= 11 is 0. The van der Waals surface area contributed by atoms with E-state index in [4.69, 9.17) is 18.5 Å². The number of rotatable bonds is 11. The number of para-hydroxylation sites is 1. The van der Waals surface area contributed by atoms with E-state index >= 15 is 0 Å². The maximum absolute atomic E-state index is 13.4. The molecule has 0 saturated carbocycles. The molecule has 6 heteroatoms. The van der Waals surface area contributed by atoms with Crippen molar-refractivity contribution in [2.45, 2.75) is 20.0 Å². The Balaban J connectivity index is 1.37. The van der Waals surface area contributed by atoms with Crippen LogP contribution in [-0.2, 0) is 11.2 Å². The molecule has 0 N–H and O–H groups in total. The van der Waals surface area contributed by atoms with E-state index < -0.39 is 7.60 Å². The normalized spacial score (nSPS) is 12.4. The van der Waals surface area contributed by atoms with Crippen molar-refractivity contribution in [3.63, 3.8) is 0 Å². The van der Waals surface area contributed by atoms with Crippen LogP contribution in [0.4, 0.5) is 0 Å². The molecule has 0 amide bonds. The molecule has 174 valence electrons. The first-order chi connectivity index (χ1) is 16.6. The van der Waals surface area contributed by atoms with Gasteiger partial charge in [0.2, 0.25) is 0 Å². The average molecular weight is 474 g/mol. The molecule has 0 fully saturated rings. The van der Waals surface area contributed by atoms with E-state index in [1.807, 2.05) is 67.6 Å². The van der Waals surface area contributed by atoms with Crippen LogP contribution in [0.25, 0.3) is 0 Å². The molecule has 0 bridgehead atoms. The Morgan fingerprint density at radius 3 is 1.62 bits per heavy atom. The van der Waals surface area contributed by atoms with Gasteiger partial charge in [-0.3, -0.25) is 0 Å². The van der Waals surface area contributed by atoms with Gasteiger partial charge in [-0.1, -0.05) is 55.5 Å². The Morgan fingerprint density at radius 2 is 1.06 bits per heavy atom. The highest BCUT2D eigenvalue weighted by molar-refractivity contribution is 7.54. The zero-order valence-corrected chi connectivity index (χ0v) is 19.9. The van der Waals surface area contributed by atoms with E-state index in [1.54, 1.807) is 48.5 Å². The fourth-order valence-electron chi connectivity index (χ4n) is 3.24. The summed E-state index contributed by atoms with van der Waals surface area (Å²) in [7, 11) is -3.40. The SMILES string of the molecule is CCCP(=O)(Oc1ccc(OCc2ccccc2)cc1)Oc1ccc(Oc2ccccc2)cc1. The van der Waals surface area contributed by atoms with E-state index in [0.29, 0.717) is 42.2 Å². The zero-order valence-electron chi connectivity index (χ0n) is 19.0. The molecule has 0 radical (unpaired) electrons. The maximum Gasteiger partial charge on any atom is 0.430 e. The molecule has 0 saturated heterocycles. The van der Waals surface area contributed by atoms with Crippen LogP contribution in [0, 0.1) is 0 Å². The minimum atomic E-state index is -3.40. The molecule has 4 rings (SSSR count). The Kier molecular flexibility index (Phi) is 7.90. The lowest BCUT2D eigenvalue weighted by atomic mass is 10.2. The number of hydrogen-bond donors (Lipinski definition) is 0. The predicted octanol–water partition coefficient (Wildman–Crippen LogP) is 8.12. The second kappa shape index (κ2) is 11.4. The zero-order chi connectivity index (χ0) is 23.6. The van der Waals surface area contributed by atoms with Crippen LogP contribution in [0.3, 0.4) is 0 Å². The lowest BCUT2D eigenvalue weighted by Crippen LogP contribution is -2.05.